The third-order valence-corrected chi connectivity index (χ3v) is 6.08. The molecule has 26 heavy (non-hydrogen) atoms. The van der Waals surface area contributed by atoms with Gasteiger partial charge in [0.05, 0.1) is 5.69 Å². The van der Waals surface area contributed by atoms with Crippen LogP contribution in [0.25, 0.3) is 21.3 Å². The molecule has 1 aliphatic heterocycles. The maximum Gasteiger partial charge on any atom is 0.0929 e. The lowest BCUT2D eigenvalue weighted by atomic mass is 9.83. The first-order chi connectivity index (χ1) is 12.8. The van der Waals surface area contributed by atoms with Crippen molar-refractivity contribution in [3.8, 4) is 11.3 Å². The summed E-state index contributed by atoms with van der Waals surface area (Å²) in [7, 11) is 2.20. The van der Waals surface area contributed by atoms with Gasteiger partial charge in [0.15, 0.2) is 0 Å². The largest absolute Gasteiger partial charge is 0.301 e. The van der Waals surface area contributed by atoms with E-state index in [2.05, 4.69) is 70.0 Å². The van der Waals surface area contributed by atoms with Gasteiger partial charge in [-0.05, 0) is 64.8 Å². The molecule has 1 aliphatic rings. The molecule has 0 radical (unpaired) electrons. The van der Waals surface area contributed by atoms with Crippen LogP contribution in [0.15, 0.2) is 66.2 Å². The Morgan fingerprint density at radius 1 is 1.08 bits per heavy atom. The zero-order valence-corrected chi connectivity index (χ0v) is 15.4. The van der Waals surface area contributed by atoms with Crippen LogP contribution in [0.2, 0.25) is 0 Å². The number of likely N-dealkylation sites (N-methyl/N-ethyl adjacent to an activating group) is 1. The number of rotatable bonds is 2. The number of hydrogen-bond donors (Lipinski definition) is 0. The molecule has 4 aromatic rings. The van der Waals surface area contributed by atoms with E-state index in [4.69, 9.17) is 0 Å². The van der Waals surface area contributed by atoms with Crippen LogP contribution < -0.4 is 0 Å². The van der Waals surface area contributed by atoms with Crippen LogP contribution in [0.3, 0.4) is 0 Å². The third kappa shape index (κ3) is 2.71. The smallest absolute Gasteiger partial charge is 0.0929 e. The standard InChI is InChI=1S/C22H19N3S/c1-25-13-18-11-17(21-3-2-9-23-24-21)6-7-19(18)20(14-25)16-5-4-15-8-10-26-22(15)12-16/h2-12,20H,13-14H2,1H3. The van der Waals surface area contributed by atoms with E-state index in [1.165, 1.54) is 26.8 Å². The van der Waals surface area contributed by atoms with Gasteiger partial charge in [0, 0.05) is 35.5 Å². The van der Waals surface area contributed by atoms with Crippen LogP contribution in [-0.2, 0) is 6.54 Å². The minimum Gasteiger partial charge on any atom is -0.301 e. The highest BCUT2D eigenvalue weighted by molar-refractivity contribution is 7.17. The van der Waals surface area contributed by atoms with Crippen molar-refractivity contribution in [2.24, 2.45) is 0 Å². The fraction of sp³-hybridized carbons (Fsp3) is 0.182. The van der Waals surface area contributed by atoms with Crippen molar-refractivity contribution < 1.29 is 0 Å². The van der Waals surface area contributed by atoms with E-state index in [0.29, 0.717) is 5.92 Å². The number of thiophene rings is 1. The molecular weight excluding hydrogens is 338 g/mol. The van der Waals surface area contributed by atoms with E-state index >= 15 is 0 Å². The molecule has 2 aromatic heterocycles. The Balaban J connectivity index is 1.59. The van der Waals surface area contributed by atoms with Gasteiger partial charge in [-0.15, -0.1) is 11.3 Å². The first kappa shape index (κ1) is 15.7. The second kappa shape index (κ2) is 6.31. The molecule has 3 heterocycles. The van der Waals surface area contributed by atoms with Gasteiger partial charge < -0.3 is 4.90 Å². The first-order valence-corrected chi connectivity index (χ1v) is 9.72. The molecule has 0 fully saturated rings. The topological polar surface area (TPSA) is 29.0 Å². The predicted octanol–water partition coefficient (Wildman–Crippen LogP) is 4.94. The third-order valence-electron chi connectivity index (χ3n) is 5.20. The summed E-state index contributed by atoms with van der Waals surface area (Å²) in [6.07, 6.45) is 1.71. The average molecular weight is 357 g/mol. The number of fused-ring (bicyclic) bond motifs is 2. The summed E-state index contributed by atoms with van der Waals surface area (Å²) in [6, 6.07) is 19.8. The molecule has 0 spiro atoms. The predicted molar refractivity (Wildman–Crippen MR) is 107 cm³/mol. The average Bonchev–Trinajstić information content (AvgIpc) is 3.15. The van der Waals surface area contributed by atoms with Crippen molar-refractivity contribution >= 4 is 21.4 Å². The number of benzene rings is 2. The lowest BCUT2D eigenvalue weighted by Gasteiger charge is -2.33. The first-order valence-electron chi connectivity index (χ1n) is 8.84. The minimum absolute atomic E-state index is 0.408. The van der Waals surface area contributed by atoms with Gasteiger partial charge >= 0.3 is 0 Å². The van der Waals surface area contributed by atoms with Gasteiger partial charge in [0.25, 0.3) is 0 Å². The molecule has 0 amide bonds. The van der Waals surface area contributed by atoms with Crippen LogP contribution in [-0.4, -0.2) is 28.7 Å². The number of hydrogen-bond acceptors (Lipinski definition) is 4. The van der Waals surface area contributed by atoms with Crippen LogP contribution in [0.4, 0.5) is 0 Å². The zero-order chi connectivity index (χ0) is 17.5. The Morgan fingerprint density at radius 3 is 2.92 bits per heavy atom. The van der Waals surface area contributed by atoms with E-state index in [1.54, 1.807) is 6.20 Å². The monoisotopic (exact) mass is 357 g/mol. The Hall–Kier alpha value is -2.56. The van der Waals surface area contributed by atoms with Crippen molar-refractivity contribution in [1.82, 2.24) is 15.1 Å². The Bertz CT molecular complexity index is 1070. The molecule has 0 saturated carbocycles. The van der Waals surface area contributed by atoms with Crippen molar-refractivity contribution in [1.29, 1.82) is 0 Å². The van der Waals surface area contributed by atoms with Gasteiger partial charge in [-0.2, -0.15) is 10.2 Å². The van der Waals surface area contributed by atoms with E-state index in [0.717, 1.165) is 24.3 Å². The van der Waals surface area contributed by atoms with Gasteiger partial charge in [-0.3, -0.25) is 0 Å². The Labute approximate surface area is 156 Å². The lowest BCUT2D eigenvalue weighted by Crippen LogP contribution is -2.31. The van der Waals surface area contributed by atoms with Gasteiger partial charge in [-0.25, -0.2) is 0 Å². The number of nitrogens with zero attached hydrogens (tertiary/aromatic N) is 3. The van der Waals surface area contributed by atoms with Crippen LogP contribution in [0, 0.1) is 0 Å². The molecule has 0 saturated heterocycles. The quantitative estimate of drug-likeness (QED) is 0.509. The fourth-order valence-corrected chi connectivity index (χ4v) is 4.77. The maximum atomic E-state index is 4.26. The van der Waals surface area contributed by atoms with E-state index in [1.807, 2.05) is 23.5 Å². The van der Waals surface area contributed by atoms with E-state index in [-0.39, 0.29) is 0 Å². The highest BCUT2D eigenvalue weighted by atomic mass is 32.1. The van der Waals surface area contributed by atoms with Crippen molar-refractivity contribution in [2.75, 3.05) is 13.6 Å². The van der Waals surface area contributed by atoms with Gasteiger partial charge in [-0.1, -0.05) is 24.3 Å². The summed E-state index contributed by atoms with van der Waals surface area (Å²) in [5.74, 6) is 0.408. The summed E-state index contributed by atoms with van der Waals surface area (Å²) in [5.41, 5.74) is 6.30. The van der Waals surface area contributed by atoms with E-state index < -0.39 is 0 Å². The van der Waals surface area contributed by atoms with Gasteiger partial charge in [0.1, 0.15) is 0 Å². The van der Waals surface area contributed by atoms with Crippen LogP contribution in [0.1, 0.15) is 22.6 Å². The van der Waals surface area contributed by atoms with E-state index in [9.17, 15) is 0 Å². The second-order valence-corrected chi connectivity index (χ2v) is 7.94. The molecule has 1 unspecified atom stereocenters. The minimum atomic E-state index is 0.408. The summed E-state index contributed by atoms with van der Waals surface area (Å²) >= 11 is 1.82. The normalized spacial score (nSPS) is 17.3. The molecule has 128 valence electrons. The summed E-state index contributed by atoms with van der Waals surface area (Å²) in [6.45, 7) is 2.02. The Morgan fingerprint density at radius 2 is 2.04 bits per heavy atom. The Kier molecular flexibility index (Phi) is 3.80. The molecule has 1 atom stereocenters. The second-order valence-electron chi connectivity index (χ2n) is 6.99. The zero-order valence-electron chi connectivity index (χ0n) is 14.6. The SMILES string of the molecule is CN1Cc2cc(-c3cccnn3)ccc2C(c2ccc3ccsc3c2)C1. The van der Waals surface area contributed by atoms with Crippen LogP contribution >= 0.6 is 11.3 Å². The molecule has 2 aromatic carbocycles. The van der Waals surface area contributed by atoms with Gasteiger partial charge in [0.2, 0.25) is 0 Å². The summed E-state index contributed by atoms with van der Waals surface area (Å²) < 4.78 is 1.37. The van der Waals surface area contributed by atoms with Crippen molar-refractivity contribution in [2.45, 2.75) is 12.5 Å². The molecule has 3 nitrogen and oxygen atoms in total. The summed E-state index contributed by atoms with van der Waals surface area (Å²) in [5, 5.41) is 11.8. The van der Waals surface area contributed by atoms with Crippen molar-refractivity contribution in [3.05, 3.63) is 82.9 Å². The highest BCUT2D eigenvalue weighted by Crippen LogP contribution is 2.36. The summed E-state index contributed by atoms with van der Waals surface area (Å²) in [4.78, 5) is 2.41. The maximum absolute atomic E-state index is 4.26. The van der Waals surface area contributed by atoms with Crippen molar-refractivity contribution in [3.63, 3.8) is 0 Å². The molecule has 0 N–H and O–H groups in total. The molecular formula is C22H19N3S. The number of aromatic nitrogens is 2. The molecule has 0 aliphatic carbocycles. The molecule has 0 bridgehead atoms. The lowest BCUT2D eigenvalue weighted by molar-refractivity contribution is 0.295. The van der Waals surface area contributed by atoms with Crippen LogP contribution in [0.5, 0.6) is 0 Å². The highest BCUT2D eigenvalue weighted by Gasteiger charge is 2.25. The fourth-order valence-electron chi connectivity index (χ4n) is 3.94. The molecule has 5 rings (SSSR count). The molecule has 4 heteroatoms.